The van der Waals surface area contributed by atoms with Gasteiger partial charge in [-0.2, -0.15) is 0 Å². The second-order valence-electron chi connectivity index (χ2n) is 7.47. The second-order valence-corrected chi connectivity index (χ2v) is 7.47. The van der Waals surface area contributed by atoms with Crippen LogP contribution in [0.5, 0.6) is 0 Å². The summed E-state index contributed by atoms with van der Waals surface area (Å²) in [6.45, 7) is 0.910. The third kappa shape index (κ3) is 2.76. The van der Waals surface area contributed by atoms with Gasteiger partial charge in [0.2, 0.25) is 0 Å². The minimum absolute atomic E-state index is 0.0396. The molecule has 2 aliphatic rings. The first-order chi connectivity index (χ1) is 13.4. The molecule has 28 heavy (non-hydrogen) atoms. The van der Waals surface area contributed by atoms with Crippen molar-refractivity contribution in [3.8, 4) is 11.1 Å². The minimum atomic E-state index is -0.806. The van der Waals surface area contributed by atoms with Crippen LogP contribution >= 0.6 is 0 Å². The van der Waals surface area contributed by atoms with Crippen molar-refractivity contribution in [2.45, 2.75) is 18.4 Å². The Morgan fingerprint density at radius 1 is 0.857 bits per heavy atom. The number of imide groups is 1. The van der Waals surface area contributed by atoms with Crippen LogP contribution in [0.2, 0.25) is 0 Å². The molecular formula is C22H23N3O3. The number of benzene rings is 2. The first-order valence-corrected chi connectivity index (χ1v) is 9.45. The number of carbonyl (C=O) groups excluding carboxylic acids is 3. The fourth-order valence-corrected chi connectivity index (χ4v) is 4.20. The average molecular weight is 377 g/mol. The van der Waals surface area contributed by atoms with Crippen LogP contribution in [-0.2, 0) is 4.79 Å². The van der Waals surface area contributed by atoms with E-state index in [4.69, 9.17) is 0 Å². The summed E-state index contributed by atoms with van der Waals surface area (Å²) in [4.78, 5) is 42.1. The number of likely N-dealkylation sites (tertiary alicyclic amines) is 1. The summed E-state index contributed by atoms with van der Waals surface area (Å²) in [6.07, 6.45) is 0.929. The standard InChI is InChI=1S/C22H23N3O3/c1-23-20(27)22(24(2)21(23)28)12-14-25(15-13-22)19(26)18-10-8-17(9-11-18)16-6-4-3-5-7-16/h3-11H,12-15H2,1-2H3. The van der Waals surface area contributed by atoms with Crippen molar-refractivity contribution >= 4 is 17.8 Å². The Hall–Kier alpha value is -3.15. The normalized spacial score (nSPS) is 18.9. The van der Waals surface area contributed by atoms with Crippen LogP contribution in [0.4, 0.5) is 4.79 Å². The van der Waals surface area contributed by atoms with E-state index in [0.717, 1.165) is 11.1 Å². The Bertz CT molecular complexity index is 916. The lowest BCUT2D eigenvalue weighted by Gasteiger charge is -2.40. The van der Waals surface area contributed by atoms with Crippen LogP contribution in [0, 0.1) is 0 Å². The molecule has 0 aromatic heterocycles. The number of urea groups is 1. The molecule has 6 nitrogen and oxygen atoms in total. The summed E-state index contributed by atoms with van der Waals surface area (Å²) in [6, 6.07) is 17.3. The van der Waals surface area contributed by atoms with Crippen LogP contribution in [0.25, 0.3) is 11.1 Å². The zero-order valence-corrected chi connectivity index (χ0v) is 16.1. The zero-order valence-electron chi connectivity index (χ0n) is 16.1. The van der Waals surface area contributed by atoms with Gasteiger partial charge < -0.3 is 9.80 Å². The monoisotopic (exact) mass is 377 g/mol. The topological polar surface area (TPSA) is 60.9 Å². The highest BCUT2D eigenvalue weighted by Crippen LogP contribution is 2.35. The van der Waals surface area contributed by atoms with E-state index in [9.17, 15) is 14.4 Å². The number of amides is 4. The molecule has 2 heterocycles. The van der Waals surface area contributed by atoms with Gasteiger partial charge in [0.25, 0.3) is 11.8 Å². The number of rotatable bonds is 2. The minimum Gasteiger partial charge on any atom is -0.338 e. The van der Waals surface area contributed by atoms with Gasteiger partial charge in [0.05, 0.1) is 0 Å². The van der Waals surface area contributed by atoms with Crippen LogP contribution < -0.4 is 0 Å². The molecule has 0 unspecified atom stereocenters. The van der Waals surface area contributed by atoms with Gasteiger partial charge in [-0.3, -0.25) is 14.5 Å². The molecule has 4 rings (SSSR count). The van der Waals surface area contributed by atoms with Gasteiger partial charge in [-0.1, -0.05) is 42.5 Å². The molecule has 144 valence electrons. The van der Waals surface area contributed by atoms with Crippen molar-refractivity contribution in [2.24, 2.45) is 0 Å². The number of hydrogen-bond acceptors (Lipinski definition) is 3. The van der Waals surface area contributed by atoms with Gasteiger partial charge in [-0.25, -0.2) is 4.79 Å². The molecule has 2 saturated heterocycles. The fraction of sp³-hybridized carbons (Fsp3) is 0.318. The molecule has 6 heteroatoms. The lowest BCUT2D eigenvalue weighted by molar-refractivity contribution is -0.134. The van der Waals surface area contributed by atoms with E-state index in [-0.39, 0.29) is 17.8 Å². The maximum atomic E-state index is 12.9. The largest absolute Gasteiger partial charge is 0.338 e. The van der Waals surface area contributed by atoms with Crippen molar-refractivity contribution in [2.75, 3.05) is 27.2 Å². The Morgan fingerprint density at radius 2 is 1.43 bits per heavy atom. The Kier molecular flexibility index (Phi) is 4.41. The lowest BCUT2D eigenvalue weighted by atomic mass is 9.86. The highest BCUT2D eigenvalue weighted by atomic mass is 16.2. The number of nitrogens with zero attached hydrogens (tertiary/aromatic N) is 3. The maximum absolute atomic E-state index is 12.9. The van der Waals surface area contributed by atoms with Gasteiger partial charge in [0, 0.05) is 32.7 Å². The molecule has 1 spiro atoms. The molecule has 4 amide bonds. The Balaban J connectivity index is 1.46. The molecule has 2 aliphatic heterocycles. The van der Waals surface area contributed by atoms with E-state index >= 15 is 0 Å². The Morgan fingerprint density at radius 3 is 1.96 bits per heavy atom. The van der Waals surface area contributed by atoms with E-state index in [1.165, 1.54) is 16.8 Å². The lowest BCUT2D eigenvalue weighted by Crippen LogP contribution is -2.56. The smallest absolute Gasteiger partial charge is 0.327 e. The van der Waals surface area contributed by atoms with E-state index < -0.39 is 5.54 Å². The average Bonchev–Trinajstić information content (AvgIpc) is 2.91. The van der Waals surface area contributed by atoms with Gasteiger partial charge >= 0.3 is 6.03 Å². The molecule has 0 aliphatic carbocycles. The third-order valence-corrected chi connectivity index (χ3v) is 6.04. The van der Waals surface area contributed by atoms with E-state index in [1.807, 2.05) is 54.6 Å². The van der Waals surface area contributed by atoms with E-state index in [1.54, 1.807) is 11.9 Å². The Labute approximate surface area is 164 Å². The molecule has 2 aromatic rings. The summed E-state index contributed by atoms with van der Waals surface area (Å²) in [7, 11) is 3.19. The van der Waals surface area contributed by atoms with Gasteiger partial charge in [0.1, 0.15) is 5.54 Å². The van der Waals surface area contributed by atoms with Crippen LogP contribution in [0.15, 0.2) is 54.6 Å². The van der Waals surface area contributed by atoms with Crippen molar-refractivity contribution < 1.29 is 14.4 Å². The summed E-state index contributed by atoms with van der Waals surface area (Å²) in [5.41, 5.74) is 2.00. The number of hydrogen-bond donors (Lipinski definition) is 0. The predicted octanol–water partition coefficient (Wildman–Crippen LogP) is 2.85. The second kappa shape index (κ2) is 6.78. The molecule has 0 atom stereocenters. The molecule has 2 aromatic carbocycles. The van der Waals surface area contributed by atoms with Gasteiger partial charge in [-0.05, 0) is 36.1 Å². The van der Waals surface area contributed by atoms with Gasteiger partial charge in [-0.15, -0.1) is 0 Å². The summed E-state index contributed by atoms with van der Waals surface area (Å²) in [5, 5.41) is 0. The molecule has 0 bridgehead atoms. The molecule has 0 saturated carbocycles. The predicted molar refractivity (Wildman–Crippen MR) is 106 cm³/mol. The summed E-state index contributed by atoms with van der Waals surface area (Å²) >= 11 is 0. The van der Waals surface area contributed by atoms with E-state index in [2.05, 4.69) is 0 Å². The van der Waals surface area contributed by atoms with Crippen molar-refractivity contribution in [1.82, 2.24) is 14.7 Å². The van der Waals surface area contributed by atoms with Crippen LogP contribution in [0.3, 0.4) is 0 Å². The SMILES string of the molecule is CN1C(=O)N(C)C2(CCN(C(=O)c3ccc(-c4ccccc4)cc3)CC2)C1=O. The highest BCUT2D eigenvalue weighted by molar-refractivity contribution is 6.07. The quantitative estimate of drug-likeness (QED) is 0.756. The van der Waals surface area contributed by atoms with Crippen LogP contribution in [-0.4, -0.2) is 65.3 Å². The highest BCUT2D eigenvalue weighted by Gasteiger charge is 2.55. The number of piperidine rings is 1. The van der Waals surface area contributed by atoms with Crippen molar-refractivity contribution in [1.29, 1.82) is 0 Å². The van der Waals surface area contributed by atoms with Gasteiger partial charge in [0.15, 0.2) is 0 Å². The molecule has 0 radical (unpaired) electrons. The summed E-state index contributed by atoms with van der Waals surface area (Å²) in [5.74, 6) is -0.207. The molecule has 2 fully saturated rings. The maximum Gasteiger partial charge on any atom is 0.327 e. The number of likely N-dealkylation sites (N-methyl/N-ethyl adjacent to an activating group) is 2. The van der Waals surface area contributed by atoms with Crippen molar-refractivity contribution in [3.05, 3.63) is 60.2 Å². The summed E-state index contributed by atoms with van der Waals surface area (Å²) < 4.78 is 0. The van der Waals surface area contributed by atoms with Crippen molar-refractivity contribution in [3.63, 3.8) is 0 Å². The fourth-order valence-electron chi connectivity index (χ4n) is 4.20. The van der Waals surface area contributed by atoms with Crippen LogP contribution in [0.1, 0.15) is 23.2 Å². The zero-order chi connectivity index (χ0) is 19.9. The molecular weight excluding hydrogens is 354 g/mol. The molecule has 0 N–H and O–H groups in total. The number of carbonyl (C=O) groups is 3. The first-order valence-electron chi connectivity index (χ1n) is 9.45. The van der Waals surface area contributed by atoms with E-state index in [0.29, 0.717) is 31.5 Å². The first kappa shape index (κ1) is 18.2. The third-order valence-electron chi connectivity index (χ3n) is 6.04.